The molecule has 1 heterocycles. The van der Waals surface area contributed by atoms with Crippen LogP contribution in [0.3, 0.4) is 0 Å². The molecule has 0 radical (unpaired) electrons. The molecule has 0 bridgehead atoms. The first kappa shape index (κ1) is 21.3. The Labute approximate surface area is 158 Å². The fraction of sp³-hybridized carbons (Fsp3) is 0.250. The van der Waals surface area contributed by atoms with Gasteiger partial charge in [-0.05, 0) is 31.1 Å². The summed E-state index contributed by atoms with van der Waals surface area (Å²) in [5.41, 5.74) is 3.68. The van der Waals surface area contributed by atoms with Crippen molar-refractivity contribution < 1.29 is 23.9 Å². The molecule has 0 aliphatic heterocycles. The average molecular weight is 403 g/mol. The summed E-state index contributed by atoms with van der Waals surface area (Å²) in [5, 5.41) is 22.4. The van der Waals surface area contributed by atoms with Crippen LogP contribution in [0.4, 0.5) is 0 Å². The number of nitrogens with one attached hydrogen (secondary N) is 2. The largest absolute Gasteiger partial charge is 2.00 e. The molecule has 8 nitrogen and oxygen atoms in total. The number of hydrogen-bond donors (Lipinski definition) is 2. The summed E-state index contributed by atoms with van der Waals surface area (Å²) < 4.78 is 5.07. The van der Waals surface area contributed by atoms with Crippen molar-refractivity contribution in [2.45, 2.75) is 13.8 Å². The Morgan fingerprint density at radius 2 is 1.70 bits per heavy atom. The van der Waals surface area contributed by atoms with Crippen molar-refractivity contribution in [1.29, 1.82) is 0 Å². The number of hydrogen-bond acceptors (Lipinski definition) is 8. The molecule has 0 atom stereocenters. The Hall–Kier alpha value is -1.71. The molecule has 0 spiro atoms. The van der Waals surface area contributed by atoms with Gasteiger partial charge in [-0.15, -0.1) is 0 Å². The van der Waals surface area contributed by atoms with E-state index in [4.69, 9.17) is 29.7 Å². The van der Waals surface area contributed by atoms with Crippen molar-refractivity contribution in [2.24, 2.45) is 25.5 Å². The van der Waals surface area contributed by atoms with Crippen LogP contribution < -0.4 is 10.7 Å². The van der Waals surface area contributed by atoms with Gasteiger partial charge in [0.05, 0.1) is 23.9 Å². The Morgan fingerprint density at radius 3 is 2.22 bits per heavy atom. The summed E-state index contributed by atoms with van der Waals surface area (Å²) >= 11 is 9.80. The summed E-state index contributed by atoms with van der Waals surface area (Å²) in [6.45, 7) is 3.47. The van der Waals surface area contributed by atoms with Crippen LogP contribution in [0, 0.1) is 0 Å². The van der Waals surface area contributed by atoms with Crippen molar-refractivity contribution in [2.75, 3.05) is 7.05 Å². The second-order valence-electron chi connectivity index (χ2n) is 3.82. The molecule has 11 heteroatoms. The molecule has 0 fully saturated rings. The van der Waals surface area contributed by atoms with Gasteiger partial charge in [0.25, 0.3) is 0 Å². The minimum absolute atomic E-state index is 0. The van der Waals surface area contributed by atoms with Gasteiger partial charge in [0.1, 0.15) is 5.76 Å². The second-order valence-corrected chi connectivity index (χ2v) is 4.59. The zero-order valence-corrected chi connectivity index (χ0v) is 17.6. The molecule has 0 aromatic carbocycles. The summed E-state index contributed by atoms with van der Waals surface area (Å²) in [6, 6.07) is 3.51. The minimum atomic E-state index is 0. The second kappa shape index (κ2) is 11.8. The summed E-state index contributed by atoms with van der Waals surface area (Å²) in [4.78, 5) is 0. The number of furan rings is 1. The van der Waals surface area contributed by atoms with Crippen LogP contribution in [0.25, 0.3) is 0 Å². The summed E-state index contributed by atoms with van der Waals surface area (Å²) in [5.74, 6) is 0.597. The normalized spacial score (nSPS) is 13.9. The Bertz CT molecular complexity index is 623. The number of amidine groups is 2. The molecule has 1 rings (SSSR count). The molecule has 118 valence electrons. The van der Waals surface area contributed by atoms with E-state index in [1.807, 2.05) is 0 Å². The maximum Gasteiger partial charge on any atom is 2.00 e. The Balaban J connectivity index is 0.00000484. The number of rotatable bonds is 5. The van der Waals surface area contributed by atoms with Gasteiger partial charge in [-0.2, -0.15) is 25.5 Å². The third kappa shape index (κ3) is 9.12. The van der Waals surface area contributed by atoms with E-state index in [1.54, 1.807) is 39.3 Å². The van der Waals surface area contributed by atoms with Gasteiger partial charge in [-0.25, -0.2) is 0 Å². The zero-order valence-electron chi connectivity index (χ0n) is 13.0. The molecule has 0 saturated heterocycles. The molecule has 0 amide bonds. The molecule has 1 aromatic heterocycles. The van der Waals surface area contributed by atoms with E-state index in [-0.39, 0.29) is 29.8 Å². The van der Waals surface area contributed by atoms with E-state index in [9.17, 15) is 0 Å². The van der Waals surface area contributed by atoms with Gasteiger partial charge < -0.3 is 35.0 Å². The van der Waals surface area contributed by atoms with Crippen LogP contribution in [-0.2, 0) is 44.7 Å². The topological polar surface area (TPSA) is 99.0 Å². The van der Waals surface area contributed by atoms with E-state index in [1.165, 1.54) is 6.21 Å². The molecule has 0 aliphatic rings. The monoisotopic (exact) mass is 401 g/mol. The van der Waals surface area contributed by atoms with Gasteiger partial charge in [0, 0.05) is 12.2 Å². The SMILES string of the molecule is CNC([S-])=NN=C(C)C(C)=NN=C([S-])N/N=C/c1ccco1.[Zn+2]. The number of nitrogens with zero attached hydrogens (tertiary/aromatic N) is 5. The molecule has 23 heavy (non-hydrogen) atoms. The molecular formula is C12H15N7OS2Zn. The van der Waals surface area contributed by atoms with Gasteiger partial charge in [-0.3, -0.25) is 5.43 Å². The van der Waals surface area contributed by atoms with Crippen molar-refractivity contribution in [3.8, 4) is 0 Å². The van der Waals surface area contributed by atoms with Crippen LogP contribution in [0.15, 0.2) is 48.3 Å². The minimum Gasteiger partial charge on any atom is -0.741 e. The molecule has 0 unspecified atom stereocenters. The smallest absolute Gasteiger partial charge is 0.741 e. The van der Waals surface area contributed by atoms with Crippen molar-refractivity contribution in [1.82, 2.24) is 10.7 Å². The number of hydrazone groups is 1. The first-order valence-corrected chi connectivity index (χ1v) is 6.93. The summed E-state index contributed by atoms with van der Waals surface area (Å²) in [7, 11) is 1.67. The van der Waals surface area contributed by atoms with Gasteiger partial charge in [-0.1, -0.05) is 0 Å². The summed E-state index contributed by atoms with van der Waals surface area (Å²) in [6.07, 6.45) is 3.02. The first-order valence-electron chi connectivity index (χ1n) is 6.12. The third-order valence-corrected chi connectivity index (χ3v) is 2.67. The van der Waals surface area contributed by atoms with Crippen molar-refractivity contribution in [3.05, 3.63) is 24.2 Å². The predicted molar refractivity (Wildman–Crippen MR) is 94.3 cm³/mol. The van der Waals surface area contributed by atoms with Crippen LogP contribution in [0.1, 0.15) is 19.6 Å². The maximum atomic E-state index is 5.07. The standard InChI is InChI=1S/C12H17N7OS2.Zn/c1-8(15-18-11(21)13-3)9(2)16-19-12(22)17-14-7-10-5-4-6-20-10;/h4-7H,1-3H3,(H2,13,18,21)(H2,17,19,22);/q;+2/p-2/b14-7+,15-8?,16-9?;. The fourth-order valence-corrected chi connectivity index (χ4v) is 1.11. The molecule has 0 aliphatic carbocycles. The van der Waals surface area contributed by atoms with E-state index in [2.05, 4.69) is 36.2 Å². The molecular weight excluding hydrogens is 388 g/mol. The first-order chi connectivity index (χ1) is 10.5. The van der Waals surface area contributed by atoms with E-state index in [0.717, 1.165) is 0 Å². The van der Waals surface area contributed by atoms with E-state index < -0.39 is 0 Å². The average Bonchev–Trinajstić information content (AvgIpc) is 3.03. The van der Waals surface area contributed by atoms with E-state index in [0.29, 0.717) is 17.2 Å². The van der Waals surface area contributed by atoms with Crippen molar-refractivity contribution in [3.63, 3.8) is 0 Å². The Morgan fingerprint density at radius 1 is 1.09 bits per heavy atom. The van der Waals surface area contributed by atoms with E-state index >= 15 is 0 Å². The maximum absolute atomic E-state index is 5.07. The molecule has 2 N–H and O–H groups in total. The third-order valence-electron chi connectivity index (χ3n) is 2.21. The van der Waals surface area contributed by atoms with Crippen LogP contribution in [0.2, 0.25) is 0 Å². The van der Waals surface area contributed by atoms with Gasteiger partial charge >= 0.3 is 19.5 Å². The van der Waals surface area contributed by atoms with Crippen molar-refractivity contribution >= 4 is 53.2 Å². The van der Waals surface area contributed by atoms with Crippen LogP contribution in [0.5, 0.6) is 0 Å². The molecule has 1 aromatic rings. The predicted octanol–water partition coefficient (Wildman–Crippen LogP) is 0.978. The van der Waals surface area contributed by atoms with Gasteiger partial charge in [0.15, 0.2) is 0 Å². The van der Waals surface area contributed by atoms with Gasteiger partial charge in [0.2, 0.25) is 0 Å². The Kier molecular flexibility index (Phi) is 10.9. The van der Waals surface area contributed by atoms with Crippen LogP contribution in [-0.4, -0.2) is 35.0 Å². The fourth-order valence-electron chi connectivity index (χ4n) is 0.974. The molecule has 0 saturated carbocycles. The zero-order chi connectivity index (χ0) is 16.4. The quantitative estimate of drug-likeness (QED) is 0.251. The van der Waals surface area contributed by atoms with Crippen LogP contribution >= 0.6 is 0 Å².